The summed E-state index contributed by atoms with van der Waals surface area (Å²) in [5, 5.41) is 9.68. The molecule has 3 nitrogen and oxygen atoms in total. The highest BCUT2D eigenvalue weighted by Gasteiger charge is 2.25. The predicted molar refractivity (Wildman–Crippen MR) is 59.4 cm³/mol. The van der Waals surface area contributed by atoms with E-state index in [0.29, 0.717) is 5.92 Å². The molecule has 1 fully saturated rings. The Morgan fingerprint density at radius 3 is 2.36 bits per heavy atom. The van der Waals surface area contributed by atoms with E-state index in [1.165, 1.54) is 12.8 Å². The molecule has 1 aliphatic rings. The average molecular weight is 200 g/mol. The molecule has 1 aliphatic carbocycles. The Labute approximate surface area is 87.7 Å². The molecule has 0 amide bonds. The number of aliphatic hydroxyl groups is 1. The molecule has 0 heterocycles. The van der Waals surface area contributed by atoms with Crippen LogP contribution in [0.1, 0.15) is 19.3 Å². The highest BCUT2D eigenvalue weighted by atomic mass is 16.3. The topological polar surface area (TPSA) is 26.7 Å². The fraction of sp³-hybridized carbons (Fsp3) is 1.00. The molecule has 0 saturated heterocycles. The van der Waals surface area contributed by atoms with Crippen LogP contribution >= 0.6 is 0 Å². The van der Waals surface area contributed by atoms with E-state index in [9.17, 15) is 5.11 Å². The monoisotopic (exact) mass is 200 g/mol. The lowest BCUT2D eigenvalue weighted by molar-refractivity contribution is 0.107. The van der Waals surface area contributed by atoms with Gasteiger partial charge in [-0.15, -0.1) is 0 Å². The first-order valence-electron chi connectivity index (χ1n) is 5.61. The first kappa shape index (κ1) is 12.0. The maximum absolute atomic E-state index is 9.68. The number of nitrogens with zero attached hydrogens (tertiary/aromatic N) is 2. The fourth-order valence-electron chi connectivity index (χ4n) is 2.09. The van der Waals surface area contributed by atoms with Crippen molar-refractivity contribution in [3.8, 4) is 0 Å². The third-order valence-electron chi connectivity index (χ3n) is 3.09. The van der Waals surface area contributed by atoms with Crippen LogP contribution in [0.3, 0.4) is 0 Å². The van der Waals surface area contributed by atoms with Crippen molar-refractivity contribution in [1.82, 2.24) is 9.80 Å². The van der Waals surface area contributed by atoms with Crippen molar-refractivity contribution in [3.63, 3.8) is 0 Å². The first-order chi connectivity index (χ1) is 6.59. The highest BCUT2D eigenvalue weighted by Crippen LogP contribution is 2.25. The molecule has 0 aromatic carbocycles. The van der Waals surface area contributed by atoms with Gasteiger partial charge < -0.3 is 14.9 Å². The van der Waals surface area contributed by atoms with Gasteiger partial charge in [-0.2, -0.15) is 0 Å². The van der Waals surface area contributed by atoms with Crippen molar-refractivity contribution < 1.29 is 5.11 Å². The first-order valence-corrected chi connectivity index (χ1v) is 5.61. The summed E-state index contributed by atoms with van der Waals surface area (Å²) in [6.45, 7) is 3.24. The molecule has 2 atom stereocenters. The van der Waals surface area contributed by atoms with Gasteiger partial charge in [0.25, 0.3) is 0 Å². The van der Waals surface area contributed by atoms with Crippen LogP contribution in [0.15, 0.2) is 0 Å². The molecule has 0 radical (unpaired) electrons. The zero-order chi connectivity index (χ0) is 10.6. The van der Waals surface area contributed by atoms with Crippen molar-refractivity contribution in [3.05, 3.63) is 0 Å². The largest absolute Gasteiger partial charge is 0.393 e. The molecule has 0 aliphatic heterocycles. The molecule has 2 unspecified atom stereocenters. The summed E-state index contributed by atoms with van der Waals surface area (Å²) in [5.74, 6) is 0.516. The van der Waals surface area contributed by atoms with Crippen LogP contribution < -0.4 is 0 Å². The number of hydrogen-bond donors (Lipinski definition) is 1. The number of aliphatic hydroxyl groups excluding tert-OH is 1. The van der Waals surface area contributed by atoms with Crippen molar-refractivity contribution in [2.24, 2.45) is 5.92 Å². The SMILES string of the molecule is CN(C)CCN(C)CC1CCCC1O. The summed E-state index contributed by atoms with van der Waals surface area (Å²) in [5.41, 5.74) is 0. The Morgan fingerprint density at radius 1 is 1.14 bits per heavy atom. The van der Waals surface area contributed by atoms with Crippen molar-refractivity contribution in [2.45, 2.75) is 25.4 Å². The molecule has 0 bridgehead atoms. The van der Waals surface area contributed by atoms with Gasteiger partial charge in [-0.3, -0.25) is 0 Å². The lowest BCUT2D eigenvalue weighted by atomic mass is 10.1. The van der Waals surface area contributed by atoms with Crippen LogP contribution in [0.2, 0.25) is 0 Å². The molecule has 84 valence electrons. The van der Waals surface area contributed by atoms with Crippen LogP contribution in [0.4, 0.5) is 0 Å². The minimum absolute atomic E-state index is 0.0446. The molecule has 0 spiro atoms. The third kappa shape index (κ3) is 3.95. The van der Waals surface area contributed by atoms with Crippen molar-refractivity contribution >= 4 is 0 Å². The lowest BCUT2D eigenvalue weighted by Gasteiger charge is -2.24. The van der Waals surface area contributed by atoms with E-state index in [4.69, 9.17) is 0 Å². The number of rotatable bonds is 5. The Bertz CT molecular complexity index is 161. The lowest BCUT2D eigenvalue weighted by Crippen LogP contribution is -2.34. The summed E-state index contributed by atoms with van der Waals surface area (Å²) >= 11 is 0. The molecule has 0 aromatic heterocycles. The van der Waals surface area contributed by atoms with Crippen molar-refractivity contribution in [1.29, 1.82) is 0 Å². The van der Waals surface area contributed by atoms with Gasteiger partial charge in [-0.05, 0) is 39.9 Å². The fourth-order valence-corrected chi connectivity index (χ4v) is 2.09. The van der Waals surface area contributed by atoms with E-state index in [1.807, 2.05) is 0 Å². The number of hydrogen-bond acceptors (Lipinski definition) is 3. The molecular formula is C11H24N2O. The van der Waals surface area contributed by atoms with E-state index in [2.05, 4.69) is 30.9 Å². The van der Waals surface area contributed by atoms with Gasteiger partial charge in [0, 0.05) is 19.6 Å². The van der Waals surface area contributed by atoms with Gasteiger partial charge in [0.1, 0.15) is 0 Å². The number of likely N-dealkylation sites (N-methyl/N-ethyl adjacent to an activating group) is 2. The molecule has 1 saturated carbocycles. The van der Waals surface area contributed by atoms with Gasteiger partial charge >= 0.3 is 0 Å². The molecule has 1 N–H and O–H groups in total. The van der Waals surface area contributed by atoms with Gasteiger partial charge in [-0.25, -0.2) is 0 Å². The van der Waals surface area contributed by atoms with E-state index in [1.54, 1.807) is 0 Å². The Hall–Kier alpha value is -0.120. The van der Waals surface area contributed by atoms with Gasteiger partial charge in [0.2, 0.25) is 0 Å². The molecule has 14 heavy (non-hydrogen) atoms. The van der Waals surface area contributed by atoms with E-state index in [0.717, 1.165) is 26.1 Å². The summed E-state index contributed by atoms with van der Waals surface area (Å²) in [4.78, 5) is 4.53. The Kier molecular flexibility index (Phi) is 4.85. The second-order valence-electron chi connectivity index (χ2n) is 4.82. The normalized spacial score (nSPS) is 27.9. The maximum atomic E-state index is 9.68. The average Bonchev–Trinajstić information content (AvgIpc) is 2.49. The van der Waals surface area contributed by atoms with Crippen LogP contribution in [0, 0.1) is 5.92 Å². The predicted octanol–water partition coefficient (Wildman–Crippen LogP) is 0.641. The van der Waals surface area contributed by atoms with Crippen LogP contribution in [-0.4, -0.2) is 61.8 Å². The molecular weight excluding hydrogens is 176 g/mol. The minimum Gasteiger partial charge on any atom is -0.393 e. The zero-order valence-electron chi connectivity index (χ0n) is 9.74. The Balaban J connectivity index is 2.16. The van der Waals surface area contributed by atoms with Gasteiger partial charge in [0.05, 0.1) is 6.10 Å². The highest BCUT2D eigenvalue weighted by molar-refractivity contribution is 4.78. The second-order valence-corrected chi connectivity index (χ2v) is 4.82. The summed E-state index contributed by atoms with van der Waals surface area (Å²) in [7, 11) is 6.34. The molecule has 3 heteroatoms. The maximum Gasteiger partial charge on any atom is 0.0580 e. The molecule has 0 aromatic rings. The second kappa shape index (κ2) is 5.69. The third-order valence-corrected chi connectivity index (χ3v) is 3.09. The van der Waals surface area contributed by atoms with Crippen LogP contribution in [-0.2, 0) is 0 Å². The van der Waals surface area contributed by atoms with E-state index >= 15 is 0 Å². The summed E-state index contributed by atoms with van der Waals surface area (Å²) < 4.78 is 0. The zero-order valence-corrected chi connectivity index (χ0v) is 9.74. The Morgan fingerprint density at radius 2 is 1.86 bits per heavy atom. The summed E-state index contributed by atoms with van der Waals surface area (Å²) in [6.07, 6.45) is 3.37. The van der Waals surface area contributed by atoms with Crippen LogP contribution in [0.25, 0.3) is 0 Å². The quantitative estimate of drug-likeness (QED) is 0.705. The van der Waals surface area contributed by atoms with Crippen molar-refractivity contribution in [2.75, 3.05) is 40.8 Å². The smallest absolute Gasteiger partial charge is 0.0580 e. The molecule has 1 rings (SSSR count). The standard InChI is InChI=1S/C11H24N2O/c1-12(2)7-8-13(3)9-10-5-4-6-11(10)14/h10-11,14H,4-9H2,1-3H3. The minimum atomic E-state index is -0.0446. The van der Waals surface area contributed by atoms with Crippen LogP contribution in [0.5, 0.6) is 0 Å². The van der Waals surface area contributed by atoms with Gasteiger partial charge in [-0.1, -0.05) is 6.42 Å². The van der Waals surface area contributed by atoms with E-state index in [-0.39, 0.29) is 6.10 Å². The van der Waals surface area contributed by atoms with Gasteiger partial charge in [0.15, 0.2) is 0 Å². The van der Waals surface area contributed by atoms with E-state index < -0.39 is 0 Å². The summed E-state index contributed by atoms with van der Waals surface area (Å²) in [6, 6.07) is 0.